The molecule has 0 saturated heterocycles. The number of nitrogens with one attached hydrogen (secondary N) is 2. The van der Waals surface area contributed by atoms with Crippen LogP contribution in [0, 0.1) is 5.41 Å². The Balaban J connectivity index is 3.95. The summed E-state index contributed by atoms with van der Waals surface area (Å²) in [6.45, 7) is 14.6. The van der Waals surface area contributed by atoms with Crippen molar-refractivity contribution < 1.29 is 9.53 Å². The Morgan fingerprint density at radius 3 is 2.20 bits per heavy atom. The van der Waals surface area contributed by atoms with Gasteiger partial charge in [-0.2, -0.15) is 0 Å². The van der Waals surface area contributed by atoms with Crippen molar-refractivity contribution in [2.24, 2.45) is 5.41 Å². The lowest BCUT2D eigenvalue weighted by molar-refractivity contribution is 0.0523. The molecule has 0 aliphatic rings. The highest BCUT2D eigenvalue weighted by Gasteiger charge is 2.20. The largest absolute Gasteiger partial charge is 0.444 e. The fourth-order valence-electron chi connectivity index (χ4n) is 1.99. The van der Waals surface area contributed by atoms with Crippen molar-refractivity contribution in [3.8, 4) is 0 Å². The van der Waals surface area contributed by atoms with Gasteiger partial charge < -0.3 is 20.3 Å². The van der Waals surface area contributed by atoms with Gasteiger partial charge in [-0.15, -0.1) is 0 Å². The van der Waals surface area contributed by atoms with Gasteiger partial charge in [0, 0.05) is 25.7 Å². The van der Waals surface area contributed by atoms with Gasteiger partial charge in [0.15, 0.2) is 0 Å². The molecular weight excluding hydrogens is 254 g/mol. The van der Waals surface area contributed by atoms with E-state index in [1.807, 2.05) is 20.8 Å². The summed E-state index contributed by atoms with van der Waals surface area (Å²) in [5, 5.41) is 6.23. The van der Waals surface area contributed by atoms with Crippen LogP contribution < -0.4 is 10.6 Å². The van der Waals surface area contributed by atoms with Crippen LogP contribution in [-0.2, 0) is 4.74 Å². The third kappa shape index (κ3) is 11.1. The number of rotatable bonds is 7. The predicted octanol–water partition coefficient (Wildman–Crippen LogP) is 2.08. The molecule has 0 aromatic rings. The van der Waals surface area contributed by atoms with E-state index in [0.29, 0.717) is 6.54 Å². The minimum Gasteiger partial charge on any atom is -0.444 e. The van der Waals surface area contributed by atoms with Crippen LogP contribution in [0.25, 0.3) is 0 Å². The zero-order chi connectivity index (χ0) is 16.0. The fraction of sp³-hybridized carbons (Fsp3) is 0.933. The summed E-state index contributed by atoms with van der Waals surface area (Å²) in [5.41, 5.74) is -0.252. The van der Waals surface area contributed by atoms with Crippen molar-refractivity contribution in [2.45, 2.75) is 53.2 Å². The first-order valence-corrected chi connectivity index (χ1v) is 7.26. The molecule has 0 aliphatic heterocycles. The molecule has 0 aromatic carbocycles. The predicted molar refractivity (Wildman–Crippen MR) is 84.0 cm³/mol. The van der Waals surface area contributed by atoms with Crippen LogP contribution >= 0.6 is 0 Å². The van der Waals surface area contributed by atoms with Crippen LogP contribution in [0.5, 0.6) is 0 Å². The smallest absolute Gasteiger partial charge is 0.407 e. The van der Waals surface area contributed by atoms with Gasteiger partial charge in [-0.1, -0.05) is 13.8 Å². The lowest BCUT2D eigenvalue weighted by atomic mass is 9.92. The van der Waals surface area contributed by atoms with Gasteiger partial charge in [-0.25, -0.2) is 4.79 Å². The Morgan fingerprint density at radius 1 is 1.20 bits per heavy atom. The number of carbonyl (C=O) groups excluding carboxylic acids is 1. The second-order valence-corrected chi connectivity index (χ2v) is 7.57. The quantitative estimate of drug-likeness (QED) is 0.753. The lowest BCUT2D eigenvalue weighted by Gasteiger charge is -2.30. The Morgan fingerprint density at radius 2 is 1.75 bits per heavy atom. The van der Waals surface area contributed by atoms with E-state index >= 15 is 0 Å². The molecule has 1 unspecified atom stereocenters. The summed E-state index contributed by atoms with van der Waals surface area (Å²) in [6.07, 6.45) is -0.362. The highest BCUT2D eigenvalue weighted by molar-refractivity contribution is 5.67. The molecular formula is C15H33N3O2. The van der Waals surface area contributed by atoms with Crippen LogP contribution in [-0.4, -0.2) is 56.4 Å². The van der Waals surface area contributed by atoms with Crippen molar-refractivity contribution >= 4 is 6.09 Å². The maximum atomic E-state index is 11.5. The highest BCUT2D eigenvalue weighted by atomic mass is 16.6. The molecule has 0 spiro atoms. The summed E-state index contributed by atoms with van der Waals surface area (Å²) in [7, 11) is 4.16. The zero-order valence-corrected chi connectivity index (χ0v) is 14.5. The molecule has 1 amide bonds. The Kier molecular flexibility index (Phi) is 7.52. The van der Waals surface area contributed by atoms with E-state index < -0.39 is 5.60 Å². The third-order valence-corrected chi connectivity index (χ3v) is 2.62. The number of amides is 1. The molecule has 0 saturated carbocycles. The molecule has 0 radical (unpaired) electrons. The van der Waals surface area contributed by atoms with Crippen molar-refractivity contribution in [3.05, 3.63) is 0 Å². The molecule has 5 heteroatoms. The van der Waals surface area contributed by atoms with Gasteiger partial charge in [-0.05, 0) is 47.2 Å². The highest BCUT2D eigenvalue weighted by Crippen LogP contribution is 2.14. The first-order chi connectivity index (χ1) is 8.91. The minimum absolute atomic E-state index is 0.198. The molecule has 120 valence electrons. The van der Waals surface area contributed by atoms with Gasteiger partial charge in [0.25, 0.3) is 0 Å². The molecule has 20 heavy (non-hydrogen) atoms. The van der Waals surface area contributed by atoms with E-state index in [2.05, 4.69) is 50.4 Å². The van der Waals surface area contributed by atoms with Crippen LogP contribution in [0.4, 0.5) is 4.79 Å². The zero-order valence-electron chi connectivity index (χ0n) is 14.5. The van der Waals surface area contributed by atoms with E-state index in [9.17, 15) is 4.79 Å². The maximum absolute atomic E-state index is 11.5. The van der Waals surface area contributed by atoms with Crippen LogP contribution in [0.1, 0.15) is 41.5 Å². The number of hydrogen-bond donors (Lipinski definition) is 2. The van der Waals surface area contributed by atoms with Gasteiger partial charge in [0.05, 0.1) is 0 Å². The number of hydrogen-bond acceptors (Lipinski definition) is 4. The van der Waals surface area contributed by atoms with Gasteiger partial charge >= 0.3 is 6.09 Å². The number of ether oxygens (including phenoxy) is 1. The van der Waals surface area contributed by atoms with Crippen molar-refractivity contribution in [1.82, 2.24) is 15.5 Å². The second-order valence-electron chi connectivity index (χ2n) is 7.57. The molecule has 2 N–H and O–H groups in total. The molecule has 5 nitrogen and oxygen atoms in total. The third-order valence-electron chi connectivity index (χ3n) is 2.62. The number of alkyl carbamates (subject to hydrolysis) is 1. The average molecular weight is 287 g/mol. The van der Waals surface area contributed by atoms with E-state index in [4.69, 9.17) is 4.74 Å². The van der Waals surface area contributed by atoms with Crippen LogP contribution in [0.2, 0.25) is 0 Å². The molecule has 0 aliphatic carbocycles. The van der Waals surface area contributed by atoms with Crippen molar-refractivity contribution in [2.75, 3.05) is 33.7 Å². The van der Waals surface area contributed by atoms with E-state index in [1.165, 1.54) is 0 Å². The molecule has 0 aromatic heterocycles. The van der Waals surface area contributed by atoms with Gasteiger partial charge in [0.2, 0.25) is 0 Å². The van der Waals surface area contributed by atoms with Crippen LogP contribution in [0.3, 0.4) is 0 Å². The Hall–Kier alpha value is -0.810. The SMILES string of the molecule is CC(CNC(=O)OC(C)(C)C)NCC(C)(C)CN(C)C. The molecule has 0 rings (SSSR count). The summed E-state index contributed by atoms with van der Waals surface area (Å²) >= 11 is 0. The summed E-state index contributed by atoms with van der Waals surface area (Å²) in [6, 6.07) is 0.212. The fourth-order valence-corrected chi connectivity index (χ4v) is 1.99. The maximum Gasteiger partial charge on any atom is 0.407 e. The molecule has 0 bridgehead atoms. The standard InChI is InChI=1S/C15H33N3O2/c1-12(9-16-13(19)20-14(2,3)4)17-10-15(5,6)11-18(7)8/h12,17H,9-11H2,1-8H3,(H,16,19). The topological polar surface area (TPSA) is 53.6 Å². The normalized spacial score (nSPS) is 14.2. The summed E-state index contributed by atoms with van der Waals surface area (Å²) < 4.78 is 5.20. The first kappa shape index (κ1) is 19.2. The van der Waals surface area contributed by atoms with E-state index in [-0.39, 0.29) is 17.6 Å². The Labute approximate surface area is 124 Å². The number of carbonyl (C=O) groups is 1. The van der Waals surface area contributed by atoms with Gasteiger partial charge in [0.1, 0.15) is 5.60 Å². The summed E-state index contributed by atoms with van der Waals surface area (Å²) in [5.74, 6) is 0. The first-order valence-electron chi connectivity index (χ1n) is 7.26. The minimum atomic E-state index is -0.450. The average Bonchev–Trinajstić information content (AvgIpc) is 2.19. The summed E-state index contributed by atoms with van der Waals surface area (Å²) in [4.78, 5) is 13.7. The van der Waals surface area contributed by atoms with E-state index in [0.717, 1.165) is 13.1 Å². The molecule has 0 fully saturated rings. The molecule has 1 atom stereocenters. The van der Waals surface area contributed by atoms with Gasteiger partial charge in [-0.3, -0.25) is 0 Å². The van der Waals surface area contributed by atoms with E-state index in [1.54, 1.807) is 0 Å². The second kappa shape index (κ2) is 7.84. The molecule has 0 heterocycles. The van der Waals surface area contributed by atoms with Crippen molar-refractivity contribution in [3.63, 3.8) is 0 Å². The lowest BCUT2D eigenvalue weighted by Crippen LogP contribution is -2.45. The monoisotopic (exact) mass is 287 g/mol. The Bertz CT molecular complexity index is 296. The number of nitrogens with zero attached hydrogens (tertiary/aromatic N) is 1. The van der Waals surface area contributed by atoms with Crippen LogP contribution in [0.15, 0.2) is 0 Å². The van der Waals surface area contributed by atoms with Crippen molar-refractivity contribution in [1.29, 1.82) is 0 Å².